The van der Waals surface area contributed by atoms with E-state index >= 15 is 0 Å². The van der Waals surface area contributed by atoms with Crippen molar-refractivity contribution in [3.05, 3.63) is 12.7 Å². The third kappa shape index (κ3) is 5.71. The lowest BCUT2D eigenvalue weighted by atomic mass is 10.2. The van der Waals surface area contributed by atoms with Gasteiger partial charge in [-0.05, 0) is 26.7 Å². The van der Waals surface area contributed by atoms with E-state index in [9.17, 15) is 9.59 Å². The Morgan fingerprint density at radius 3 is 2.80 bits per heavy atom. The Morgan fingerprint density at radius 2 is 2.20 bits per heavy atom. The van der Waals surface area contributed by atoms with Crippen molar-refractivity contribution in [2.75, 3.05) is 19.8 Å². The highest BCUT2D eigenvalue weighted by molar-refractivity contribution is 5.84. The molecule has 1 heterocycles. The van der Waals surface area contributed by atoms with Crippen LogP contribution in [0.25, 0.3) is 0 Å². The van der Waals surface area contributed by atoms with Gasteiger partial charge in [0.2, 0.25) is 0 Å². The normalized spacial score (nSPS) is 21.0. The molecule has 0 aliphatic carbocycles. The van der Waals surface area contributed by atoms with Crippen molar-refractivity contribution >= 4 is 11.9 Å². The molecule has 1 aliphatic heterocycles. The van der Waals surface area contributed by atoms with Crippen LogP contribution in [0.1, 0.15) is 26.7 Å². The first kappa shape index (κ1) is 16.7. The van der Waals surface area contributed by atoms with Gasteiger partial charge in [-0.2, -0.15) is 0 Å². The van der Waals surface area contributed by atoms with Crippen LogP contribution < -0.4 is 5.32 Å². The van der Waals surface area contributed by atoms with Gasteiger partial charge in [-0.1, -0.05) is 6.08 Å². The summed E-state index contributed by atoms with van der Waals surface area (Å²) in [5, 5.41) is 2.56. The van der Waals surface area contributed by atoms with E-state index in [4.69, 9.17) is 14.2 Å². The second-order valence-corrected chi connectivity index (χ2v) is 4.72. The van der Waals surface area contributed by atoms with Crippen LogP contribution in [0.4, 0.5) is 0 Å². The van der Waals surface area contributed by atoms with Crippen LogP contribution in [-0.2, 0) is 23.8 Å². The maximum Gasteiger partial charge on any atom is 0.335 e. The molecule has 0 spiro atoms. The molecule has 0 bridgehead atoms. The molecule has 0 aromatic carbocycles. The Balaban J connectivity index is 2.25. The van der Waals surface area contributed by atoms with Crippen molar-refractivity contribution in [1.29, 1.82) is 0 Å². The Morgan fingerprint density at radius 1 is 1.45 bits per heavy atom. The largest absolute Gasteiger partial charge is 0.451 e. The molecular formula is C14H23NO5. The minimum absolute atomic E-state index is 0.0542. The minimum Gasteiger partial charge on any atom is -0.451 e. The first-order chi connectivity index (χ1) is 9.54. The predicted molar refractivity (Wildman–Crippen MR) is 73.1 cm³/mol. The first-order valence-electron chi connectivity index (χ1n) is 6.87. The number of ether oxygens (including phenoxy) is 3. The van der Waals surface area contributed by atoms with Crippen molar-refractivity contribution in [2.45, 2.75) is 45.0 Å². The molecule has 0 radical (unpaired) electrons. The molecule has 6 nitrogen and oxygen atoms in total. The average Bonchev–Trinajstić information content (AvgIpc) is 2.95. The summed E-state index contributed by atoms with van der Waals surface area (Å²) in [4.78, 5) is 23.3. The monoisotopic (exact) mass is 285 g/mol. The SMILES string of the molecule is C=CCNC(=O)C(C)OC(=O)C(C)OCC1CCCO1. The summed E-state index contributed by atoms with van der Waals surface area (Å²) in [5.74, 6) is -0.908. The van der Waals surface area contributed by atoms with Crippen LogP contribution in [0.2, 0.25) is 0 Å². The third-order valence-electron chi connectivity index (χ3n) is 2.97. The minimum atomic E-state index is -0.851. The average molecular weight is 285 g/mol. The van der Waals surface area contributed by atoms with E-state index in [0.717, 1.165) is 19.4 Å². The molecule has 0 aromatic rings. The standard InChI is InChI=1S/C14H23NO5/c1-4-7-15-13(16)10(2)20-14(17)11(3)19-9-12-6-5-8-18-12/h4,10-12H,1,5-9H2,2-3H3,(H,15,16). The lowest BCUT2D eigenvalue weighted by Gasteiger charge is -2.18. The van der Waals surface area contributed by atoms with Crippen LogP contribution in [0.5, 0.6) is 0 Å². The molecule has 1 saturated heterocycles. The molecule has 1 amide bonds. The molecule has 20 heavy (non-hydrogen) atoms. The van der Waals surface area contributed by atoms with Gasteiger partial charge in [0.25, 0.3) is 5.91 Å². The van der Waals surface area contributed by atoms with Crippen molar-refractivity contribution in [2.24, 2.45) is 0 Å². The number of rotatable bonds is 8. The van der Waals surface area contributed by atoms with Gasteiger partial charge in [0, 0.05) is 13.2 Å². The highest BCUT2D eigenvalue weighted by Gasteiger charge is 2.24. The van der Waals surface area contributed by atoms with Crippen LogP contribution >= 0.6 is 0 Å². The number of hydrogen-bond acceptors (Lipinski definition) is 5. The van der Waals surface area contributed by atoms with E-state index in [-0.39, 0.29) is 12.0 Å². The Labute approximate surface area is 119 Å². The molecule has 0 aromatic heterocycles. The van der Waals surface area contributed by atoms with Crippen LogP contribution in [0.15, 0.2) is 12.7 Å². The first-order valence-corrected chi connectivity index (χ1v) is 6.87. The van der Waals surface area contributed by atoms with Gasteiger partial charge < -0.3 is 19.5 Å². The van der Waals surface area contributed by atoms with Crippen molar-refractivity contribution in [3.63, 3.8) is 0 Å². The topological polar surface area (TPSA) is 73.9 Å². The number of hydrogen-bond donors (Lipinski definition) is 1. The summed E-state index contributed by atoms with van der Waals surface area (Å²) in [5.41, 5.74) is 0. The summed E-state index contributed by atoms with van der Waals surface area (Å²) >= 11 is 0. The van der Waals surface area contributed by atoms with E-state index < -0.39 is 18.2 Å². The number of esters is 1. The van der Waals surface area contributed by atoms with Crippen LogP contribution in [-0.4, -0.2) is 49.9 Å². The molecule has 1 N–H and O–H groups in total. The van der Waals surface area contributed by atoms with Gasteiger partial charge in [-0.25, -0.2) is 4.79 Å². The maximum atomic E-state index is 11.7. The maximum absolute atomic E-state index is 11.7. The second kappa shape index (κ2) is 8.71. The fourth-order valence-electron chi connectivity index (χ4n) is 1.74. The van der Waals surface area contributed by atoms with Crippen molar-refractivity contribution < 1.29 is 23.8 Å². The molecule has 1 rings (SSSR count). The van der Waals surface area contributed by atoms with Crippen LogP contribution in [0.3, 0.4) is 0 Å². The van der Waals surface area contributed by atoms with Gasteiger partial charge in [0.15, 0.2) is 12.2 Å². The molecule has 3 unspecified atom stereocenters. The van der Waals surface area contributed by atoms with E-state index in [0.29, 0.717) is 13.2 Å². The lowest BCUT2D eigenvalue weighted by molar-refractivity contribution is -0.166. The molecule has 3 atom stereocenters. The molecule has 0 saturated carbocycles. The van der Waals surface area contributed by atoms with E-state index in [1.807, 2.05) is 0 Å². The van der Waals surface area contributed by atoms with E-state index in [1.54, 1.807) is 13.0 Å². The summed E-state index contributed by atoms with van der Waals surface area (Å²) in [6, 6.07) is 0. The molecule has 114 valence electrons. The number of carbonyl (C=O) groups is 2. The zero-order chi connectivity index (χ0) is 15.0. The zero-order valence-electron chi connectivity index (χ0n) is 12.1. The Kier molecular flexibility index (Phi) is 7.25. The third-order valence-corrected chi connectivity index (χ3v) is 2.97. The summed E-state index contributed by atoms with van der Waals surface area (Å²) < 4.78 is 15.8. The highest BCUT2D eigenvalue weighted by Crippen LogP contribution is 2.13. The highest BCUT2D eigenvalue weighted by atomic mass is 16.6. The van der Waals surface area contributed by atoms with Gasteiger partial charge in [-0.3, -0.25) is 4.79 Å². The number of amides is 1. The molecule has 1 fully saturated rings. The number of carbonyl (C=O) groups excluding carboxylic acids is 2. The van der Waals surface area contributed by atoms with Gasteiger partial charge >= 0.3 is 5.97 Å². The van der Waals surface area contributed by atoms with Crippen molar-refractivity contribution in [1.82, 2.24) is 5.32 Å². The lowest BCUT2D eigenvalue weighted by Crippen LogP contribution is -2.38. The fraction of sp³-hybridized carbons (Fsp3) is 0.714. The Bertz CT molecular complexity index is 338. The van der Waals surface area contributed by atoms with Gasteiger partial charge in [0.05, 0.1) is 12.7 Å². The Hall–Kier alpha value is -1.40. The number of nitrogens with one attached hydrogen (secondary N) is 1. The fourth-order valence-corrected chi connectivity index (χ4v) is 1.74. The predicted octanol–water partition coefficient (Wildman–Crippen LogP) is 0.804. The van der Waals surface area contributed by atoms with E-state index in [1.165, 1.54) is 6.92 Å². The van der Waals surface area contributed by atoms with Crippen molar-refractivity contribution in [3.8, 4) is 0 Å². The van der Waals surface area contributed by atoms with Crippen LogP contribution in [0, 0.1) is 0 Å². The second-order valence-electron chi connectivity index (χ2n) is 4.72. The zero-order valence-corrected chi connectivity index (χ0v) is 12.1. The smallest absolute Gasteiger partial charge is 0.335 e. The summed E-state index contributed by atoms with van der Waals surface area (Å²) in [7, 11) is 0. The molecule has 1 aliphatic rings. The van der Waals surface area contributed by atoms with Gasteiger partial charge in [0.1, 0.15) is 0 Å². The molecular weight excluding hydrogens is 262 g/mol. The summed E-state index contributed by atoms with van der Waals surface area (Å²) in [6.45, 7) is 8.06. The van der Waals surface area contributed by atoms with Gasteiger partial charge in [-0.15, -0.1) is 6.58 Å². The quantitative estimate of drug-likeness (QED) is 0.527. The summed E-state index contributed by atoms with van der Waals surface area (Å²) in [6.07, 6.45) is 2.01. The van der Waals surface area contributed by atoms with E-state index in [2.05, 4.69) is 11.9 Å². The molecule has 6 heteroatoms.